The molecular formula is C16H26N4O3S. The van der Waals surface area contributed by atoms with Crippen molar-refractivity contribution in [2.24, 2.45) is 0 Å². The van der Waals surface area contributed by atoms with Crippen LogP contribution >= 0.6 is 0 Å². The first-order chi connectivity index (χ1) is 11.4. The summed E-state index contributed by atoms with van der Waals surface area (Å²) in [6, 6.07) is 9.45. The molecule has 1 fully saturated rings. The van der Waals surface area contributed by atoms with Crippen molar-refractivity contribution < 1.29 is 13.2 Å². The molecule has 0 aromatic heterocycles. The minimum absolute atomic E-state index is 0.184. The van der Waals surface area contributed by atoms with E-state index in [4.69, 9.17) is 0 Å². The topological polar surface area (TPSA) is 81.8 Å². The molecule has 0 bridgehead atoms. The van der Waals surface area contributed by atoms with Crippen LogP contribution in [0.5, 0.6) is 0 Å². The Hall–Kier alpha value is -1.48. The van der Waals surface area contributed by atoms with Gasteiger partial charge in [0, 0.05) is 39.3 Å². The lowest BCUT2D eigenvalue weighted by Crippen LogP contribution is -2.55. The quantitative estimate of drug-likeness (QED) is 0.731. The maximum absolute atomic E-state index is 12.4. The molecule has 7 nitrogen and oxygen atoms in total. The standard InChI is InChI=1S/C16H26N4O3S/c1-3-17-24(22,23)18-14(2)16(21)20-11-9-19(10-12-20)13-15-7-5-4-6-8-15/h4-8,14,17-18H,3,9-13H2,1-2H3. The van der Waals surface area contributed by atoms with Crippen LogP contribution in [0.1, 0.15) is 19.4 Å². The van der Waals surface area contributed by atoms with Gasteiger partial charge in [-0.1, -0.05) is 37.3 Å². The zero-order valence-corrected chi connectivity index (χ0v) is 15.1. The van der Waals surface area contributed by atoms with Crippen LogP contribution in [-0.4, -0.2) is 62.9 Å². The highest BCUT2D eigenvalue weighted by Gasteiger charge is 2.27. The maximum Gasteiger partial charge on any atom is 0.277 e. The van der Waals surface area contributed by atoms with Gasteiger partial charge in [-0.2, -0.15) is 13.1 Å². The van der Waals surface area contributed by atoms with Gasteiger partial charge in [-0.15, -0.1) is 0 Å². The zero-order chi connectivity index (χ0) is 17.6. The van der Waals surface area contributed by atoms with Crippen LogP contribution in [0.4, 0.5) is 0 Å². The lowest BCUT2D eigenvalue weighted by molar-refractivity contribution is -0.134. The van der Waals surface area contributed by atoms with Crippen molar-refractivity contribution in [2.75, 3.05) is 32.7 Å². The average Bonchev–Trinajstić information content (AvgIpc) is 2.55. The Kier molecular flexibility index (Phi) is 6.73. The van der Waals surface area contributed by atoms with E-state index in [2.05, 4.69) is 26.5 Å². The van der Waals surface area contributed by atoms with Gasteiger partial charge < -0.3 is 4.90 Å². The minimum atomic E-state index is -3.62. The fraction of sp³-hybridized carbons (Fsp3) is 0.562. The van der Waals surface area contributed by atoms with Gasteiger partial charge in [0.15, 0.2) is 0 Å². The normalized spacial score (nSPS) is 17.7. The third-order valence-corrected chi connectivity index (χ3v) is 5.30. The van der Waals surface area contributed by atoms with E-state index in [0.717, 1.165) is 19.6 Å². The largest absolute Gasteiger partial charge is 0.339 e. The molecule has 1 heterocycles. The molecule has 1 saturated heterocycles. The predicted octanol–water partition coefficient (Wildman–Crippen LogP) is 0.163. The SMILES string of the molecule is CCNS(=O)(=O)NC(C)C(=O)N1CCN(Cc2ccccc2)CC1. The van der Waals surface area contributed by atoms with Gasteiger partial charge in [0.25, 0.3) is 10.2 Å². The number of piperazine rings is 1. The summed E-state index contributed by atoms with van der Waals surface area (Å²) >= 11 is 0. The maximum atomic E-state index is 12.4. The van der Waals surface area contributed by atoms with Gasteiger partial charge >= 0.3 is 0 Å². The summed E-state index contributed by atoms with van der Waals surface area (Å²) in [4.78, 5) is 16.4. The van der Waals surface area contributed by atoms with Gasteiger partial charge in [-0.25, -0.2) is 4.72 Å². The van der Waals surface area contributed by atoms with E-state index in [0.29, 0.717) is 13.1 Å². The van der Waals surface area contributed by atoms with Crippen LogP contribution < -0.4 is 9.44 Å². The predicted molar refractivity (Wildman–Crippen MR) is 93.5 cm³/mol. The van der Waals surface area contributed by atoms with Crippen molar-refractivity contribution in [1.29, 1.82) is 0 Å². The molecule has 1 aromatic carbocycles. The minimum Gasteiger partial charge on any atom is -0.339 e. The molecule has 0 aliphatic carbocycles. The highest BCUT2D eigenvalue weighted by molar-refractivity contribution is 7.87. The van der Waals surface area contributed by atoms with Crippen LogP contribution in [0.15, 0.2) is 30.3 Å². The van der Waals surface area contributed by atoms with E-state index in [1.165, 1.54) is 5.56 Å². The van der Waals surface area contributed by atoms with Crippen molar-refractivity contribution in [2.45, 2.75) is 26.4 Å². The first kappa shape index (κ1) is 18.9. The van der Waals surface area contributed by atoms with Crippen molar-refractivity contribution in [3.05, 3.63) is 35.9 Å². The summed E-state index contributed by atoms with van der Waals surface area (Å²) in [7, 11) is -3.62. The zero-order valence-electron chi connectivity index (χ0n) is 14.2. The van der Waals surface area contributed by atoms with Crippen molar-refractivity contribution in [3.8, 4) is 0 Å². The molecule has 0 saturated carbocycles. The number of amides is 1. The monoisotopic (exact) mass is 354 g/mol. The molecule has 0 spiro atoms. The summed E-state index contributed by atoms with van der Waals surface area (Å²) in [6.07, 6.45) is 0. The molecule has 1 aliphatic heterocycles. The number of nitrogens with one attached hydrogen (secondary N) is 2. The Morgan fingerprint density at radius 2 is 1.79 bits per heavy atom. The molecule has 2 rings (SSSR count). The second kappa shape index (κ2) is 8.57. The Morgan fingerprint density at radius 3 is 2.38 bits per heavy atom. The van der Waals surface area contributed by atoms with E-state index in [1.807, 2.05) is 18.2 Å². The van der Waals surface area contributed by atoms with Crippen LogP contribution in [0, 0.1) is 0 Å². The van der Waals surface area contributed by atoms with Crippen LogP contribution in [0.3, 0.4) is 0 Å². The summed E-state index contributed by atoms with van der Waals surface area (Å²) in [6.45, 7) is 7.21. The van der Waals surface area contributed by atoms with E-state index < -0.39 is 16.3 Å². The number of carbonyl (C=O) groups excluding carboxylic acids is 1. The van der Waals surface area contributed by atoms with E-state index in [-0.39, 0.29) is 12.5 Å². The Labute approximate surface area is 144 Å². The molecule has 134 valence electrons. The van der Waals surface area contributed by atoms with Crippen LogP contribution in [0.25, 0.3) is 0 Å². The number of hydrogen-bond acceptors (Lipinski definition) is 4. The van der Waals surface area contributed by atoms with E-state index >= 15 is 0 Å². The van der Waals surface area contributed by atoms with Crippen molar-refractivity contribution in [3.63, 3.8) is 0 Å². The van der Waals surface area contributed by atoms with Crippen molar-refractivity contribution >= 4 is 16.1 Å². The lowest BCUT2D eigenvalue weighted by atomic mass is 10.2. The average molecular weight is 354 g/mol. The molecule has 8 heteroatoms. The lowest BCUT2D eigenvalue weighted by Gasteiger charge is -2.36. The molecule has 0 radical (unpaired) electrons. The smallest absolute Gasteiger partial charge is 0.277 e. The Bertz CT molecular complexity index is 628. The van der Waals surface area contributed by atoms with Gasteiger partial charge in [0.2, 0.25) is 5.91 Å². The van der Waals surface area contributed by atoms with E-state index in [1.54, 1.807) is 18.7 Å². The van der Waals surface area contributed by atoms with Crippen LogP contribution in [-0.2, 0) is 21.5 Å². The van der Waals surface area contributed by atoms with Gasteiger partial charge in [-0.05, 0) is 12.5 Å². The molecule has 2 N–H and O–H groups in total. The summed E-state index contributed by atoms with van der Waals surface area (Å²) in [5.41, 5.74) is 1.25. The summed E-state index contributed by atoms with van der Waals surface area (Å²) in [5, 5.41) is 0. The molecule has 1 amide bonds. The first-order valence-electron chi connectivity index (χ1n) is 8.23. The molecule has 1 aliphatic rings. The number of hydrogen-bond donors (Lipinski definition) is 2. The second-order valence-corrected chi connectivity index (χ2v) is 7.46. The summed E-state index contributed by atoms with van der Waals surface area (Å²) in [5.74, 6) is -0.184. The fourth-order valence-corrected chi connectivity index (χ4v) is 3.79. The Morgan fingerprint density at radius 1 is 1.17 bits per heavy atom. The molecule has 1 unspecified atom stereocenters. The van der Waals surface area contributed by atoms with Gasteiger partial charge in [0.1, 0.15) is 0 Å². The Balaban J connectivity index is 1.82. The fourth-order valence-electron chi connectivity index (χ4n) is 2.76. The van der Waals surface area contributed by atoms with Gasteiger partial charge in [0.05, 0.1) is 6.04 Å². The molecule has 1 aromatic rings. The summed E-state index contributed by atoms with van der Waals surface area (Å²) < 4.78 is 28.1. The van der Waals surface area contributed by atoms with Crippen molar-refractivity contribution in [1.82, 2.24) is 19.2 Å². The molecular weight excluding hydrogens is 328 g/mol. The van der Waals surface area contributed by atoms with Crippen LogP contribution in [0.2, 0.25) is 0 Å². The van der Waals surface area contributed by atoms with E-state index in [9.17, 15) is 13.2 Å². The first-order valence-corrected chi connectivity index (χ1v) is 9.71. The highest BCUT2D eigenvalue weighted by Crippen LogP contribution is 2.09. The third kappa shape index (κ3) is 5.55. The second-order valence-electron chi connectivity index (χ2n) is 5.93. The number of benzene rings is 1. The molecule has 24 heavy (non-hydrogen) atoms. The van der Waals surface area contributed by atoms with Gasteiger partial charge in [-0.3, -0.25) is 9.69 Å². The third-order valence-electron chi connectivity index (χ3n) is 3.97. The molecule has 1 atom stereocenters. The number of rotatable bonds is 7. The number of nitrogens with zero attached hydrogens (tertiary/aromatic N) is 2. The number of carbonyl (C=O) groups is 1. The highest BCUT2D eigenvalue weighted by atomic mass is 32.2.